The number of piperazine rings is 1. The van der Waals surface area contributed by atoms with Gasteiger partial charge in [0.25, 0.3) is 0 Å². The van der Waals surface area contributed by atoms with Gasteiger partial charge in [-0.2, -0.15) is 4.31 Å². The lowest BCUT2D eigenvalue weighted by molar-refractivity contribution is -0.925. The van der Waals surface area contributed by atoms with E-state index in [1.807, 2.05) is 0 Å². The fourth-order valence-corrected chi connectivity index (χ4v) is 4.85. The fraction of sp³-hybridized carbons (Fsp3) is 0.647. The Morgan fingerprint density at radius 3 is 2.28 bits per heavy atom. The third-order valence-corrected chi connectivity index (χ3v) is 7.09. The van der Waals surface area contributed by atoms with E-state index in [9.17, 15) is 13.5 Å². The van der Waals surface area contributed by atoms with Crippen molar-refractivity contribution < 1.29 is 23.3 Å². The summed E-state index contributed by atoms with van der Waals surface area (Å²) in [5.74, 6) is 0. The second kappa shape index (κ2) is 9.30. The monoisotopic (exact) mass is 391 g/mol. The van der Waals surface area contributed by atoms with Gasteiger partial charge in [-0.05, 0) is 38.1 Å². The zero-order chi connectivity index (χ0) is 18.4. The van der Waals surface area contributed by atoms with Crippen LogP contribution in [0.25, 0.3) is 0 Å². The fourth-order valence-electron chi connectivity index (χ4n) is 3.28. The van der Waals surface area contributed by atoms with Crippen molar-refractivity contribution in [1.82, 2.24) is 4.31 Å². The minimum atomic E-state index is -3.46. The first-order valence-corrected chi connectivity index (χ1v) is 10.8. The first-order chi connectivity index (χ1) is 11.9. The van der Waals surface area contributed by atoms with Gasteiger partial charge in [-0.15, -0.1) is 0 Å². The molecule has 1 aromatic rings. The van der Waals surface area contributed by atoms with Crippen LogP contribution >= 0.6 is 11.6 Å². The lowest BCUT2D eigenvalue weighted by Crippen LogP contribution is -3.18. The predicted octanol–water partition coefficient (Wildman–Crippen LogP) is -1.49. The molecule has 1 heterocycles. The number of aliphatic hydroxyl groups excluding tert-OH is 1. The molecule has 0 amide bonds. The molecular weight excluding hydrogens is 362 g/mol. The second-order valence-electron chi connectivity index (χ2n) is 6.63. The average molecular weight is 392 g/mol. The molecule has 8 heteroatoms. The molecule has 1 aromatic carbocycles. The summed E-state index contributed by atoms with van der Waals surface area (Å²) in [6, 6.07) is 6.30. The Balaban J connectivity index is 1.87. The van der Waals surface area contributed by atoms with Crippen molar-refractivity contribution in [3.8, 4) is 0 Å². The van der Waals surface area contributed by atoms with Crippen molar-refractivity contribution in [2.24, 2.45) is 0 Å². The summed E-state index contributed by atoms with van der Waals surface area (Å²) in [4.78, 5) is 2.93. The van der Waals surface area contributed by atoms with Crippen molar-refractivity contribution in [3.63, 3.8) is 0 Å². The standard InChI is InChI=1S/C17H28ClN3O3S/c1-3-19(4-2)13-16(22)14-20-9-11-21(12-10-20)25(23,24)17-7-5-15(18)6-8-17/h5-8,16,22H,3-4,9-14H2,1-2H3/p+2/t16-/m0/s1. The van der Waals surface area contributed by atoms with Crippen LogP contribution in [0.15, 0.2) is 29.2 Å². The molecule has 1 aliphatic heterocycles. The highest BCUT2D eigenvalue weighted by molar-refractivity contribution is 7.89. The number of nitrogens with zero attached hydrogens (tertiary/aromatic N) is 1. The maximum atomic E-state index is 12.7. The molecule has 25 heavy (non-hydrogen) atoms. The Kier molecular flexibility index (Phi) is 7.67. The molecule has 1 aliphatic rings. The summed E-state index contributed by atoms with van der Waals surface area (Å²) >= 11 is 5.83. The Morgan fingerprint density at radius 1 is 1.20 bits per heavy atom. The molecule has 142 valence electrons. The number of benzene rings is 1. The molecule has 1 saturated heterocycles. The third-order valence-electron chi connectivity index (χ3n) is 4.93. The van der Waals surface area contributed by atoms with E-state index in [2.05, 4.69) is 13.8 Å². The van der Waals surface area contributed by atoms with Gasteiger partial charge < -0.3 is 14.9 Å². The molecule has 0 unspecified atom stereocenters. The van der Waals surface area contributed by atoms with E-state index in [0.717, 1.165) is 32.7 Å². The van der Waals surface area contributed by atoms with Crippen molar-refractivity contribution in [2.75, 3.05) is 52.4 Å². The predicted molar refractivity (Wildman–Crippen MR) is 98.7 cm³/mol. The van der Waals surface area contributed by atoms with Gasteiger partial charge in [0.05, 0.1) is 44.2 Å². The molecule has 3 N–H and O–H groups in total. The number of halogens is 1. The van der Waals surface area contributed by atoms with Gasteiger partial charge >= 0.3 is 0 Å². The number of hydrogen-bond acceptors (Lipinski definition) is 3. The quantitative estimate of drug-likeness (QED) is 0.506. The van der Waals surface area contributed by atoms with Gasteiger partial charge in [0.2, 0.25) is 10.0 Å². The van der Waals surface area contributed by atoms with E-state index in [0.29, 0.717) is 24.7 Å². The molecule has 0 aliphatic carbocycles. The molecule has 0 saturated carbocycles. The van der Waals surface area contributed by atoms with Crippen molar-refractivity contribution in [2.45, 2.75) is 24.8 Å². The normalized spacial score (nSPS) is 18.6. The summed E-state index contributed by atoms with van der Waals surface area (Å²) < 4.78 is 26.9. The van der Waals surface area contributed by atoms with Gasteiger partial charge in [-0.1, -0.05) is 11.6 Å². The topological polar surface area (TPSA) is 66.5 Å². The smallest absolute Gasteiger partial charge is 0.243 e. The van der Waals surface area contributed by atoms with Crippen LogP contribution in [0.5, 0.6) is 0 Å². The lowest BCUT2D eigenvalue weighted by atomic mass is 10.2. The van der Waals surface area contributed by atoms with Crippen LogP contribution in [-0.4, -0.2) is 76.3 Å². The molecule has 1 atom stereocenters. The zero-order valence-corrected chi connectivity index (χ0v) is 16.6. The van der Waals surface area contributed by atoms with Crippen LogP contribution in [0.1, 0.15) is 13.8 Å². The molecule has 1 fully saturated rings. The number of hydrogen-bond donors (Lipinski definition) is 3. The van der Waals surface area contributed by atoms with Crippen LogP contribution in [-0.2, 0) is 10.0 Å². The number of sulfonamides is 1. The van der Waals surface area contributed by atoms with Crippen molar-refractivity contribution in [1.29, 1.82) is 0 Å². The Labute approximate surface area is 156 Å². The van der Waals surface area contributed by atoms with Crippen molar-refractivity contribution >= 4 is 21.6 Å². The highest BCUT2D eigenvalue weighted by atomic mass is 35.5. The lowest BCUT2D eigenvalue weighted by Gasteiger charge is -2.32. The number of aliphatic hydroxyl groups is 1. The molecule has 6 nitrogen and oxygen atoms in total. The minimum Gasteiger partial charge on any atom is -0.382 e. The Bertz CT molecular complexity index is 627. The van der Waals surface area contributed by atoms with Crippen molar-refractivity contribution in [3.05, 3.63) is 29.3 Å². The van der Waals surface area contributed by atoms with Gasteiger partial charge in [-0.3, -0.25) is 0 Å². The third kappa shape index (κ3) is 5.64. The first kappa shape index (κ1) is 20.6. The van der Waals surface area contributed by atoms with Crippen LogP contribution < -0.4 is 9.80 Å². The molecule has 2 rings (SSSR count). The van der Waals surface area contributed by atoms with Crippen LogP contribution in [0.3, 0.4) is 0 Å². The summed E-state index contributed by atoms with van der Waals surface area (Å²) in [5, 5.41) is 10.8. The molecular formula is C17H30ClN3O3S+2. The summed E-state index contributed by atoms with van der Waals surface area (Å²) in [6.45, 7) is 10.1. The molecule has 0 radical (unpaired) electrons. The van der Waals surface area contributed by atoms with Gasteiger partial charge in [0, 0.05) is 5.02 Å². The number of likely N-dealkylation sites (N-methyl/N-ethyl adjacent to an activating group) is 1. The maximum absolute atomic E-state index is 12.7. The van der Waals surface area contributed by atoms with E-state index < -0.39 is 10.0 Å². The van der Waals surface area contributed by atoms with E-state index in [4.69, 9.17) is 11.6 Å². The van der Waals surface area contributed by atoms with Crippen LogP contribution in [0, 0.1) is 0 Å². The van der Waals surface area contributed by atoms with Gasteiger partial charge in [0.1, 0.15) is 13.1 Å². The summed E-state index contributed by atoms with van der Waals surface area (Å²) in [7, 11) is -3.46. The molecule has 0 bridgehead atoms. The van der Waals surface area contributed by atoms with E-state index in [1.165, 1.54) is 14.1 Å². The van der Waals surface area contributed by atoms with E-state index in [-0.39, 0.29) is 11.0 Å². The summed E-state index contributed by atoms with van der Waals surface area (Å²) in [5.41, 5.74) is 0. The highest BCUT2D eigenvalue weighted by Crippen LogP contribution is 2.18. The van der Waals surface area contributed by atoms with E-state index in [1.54, 1.807) is 24.3 Å². The minimum absolute atomic E-state index is 0.283. The SMILES string of the molecule is CC[NH+](CC)C[C@H](O)C[NH+]1CCN(S(=O)(=O)c2ccc(Cl)cc2)CC1. The second-order valence-corrected chi connectivity index (χ2v) is 9.00. The van der Waals surface area contributed by atoms with Crippen LogP contribution in [0.4, 0.5) is 0 Å². The maximum Gasteiger partial charge on any atom is 0.243 e. The van der Waals surface area contributed by atoms with Crippen LogP contribution in [0.2, 0.25) is 5.02 Å². The highest BCUT2D eigenvalue weighted by Gasteiger charge is 2.31. The molecule has 0 spiro atoms. The zero-order valence-electron chi connectivity index (χ0n) is 15.0. The number of nitrogens with one attached hydrogen (secondary N) is 2. The van der Waals surface area contributed by atoms with Gasteiger partial charge in [0.15, 0.2) is 6.10 Å². The summed E-state index contributed by atoms with van der Waals surface area (Å²) in [6.07, 6.45) is -0.343. The average Bonchev–Trinajstić information content (AvgIpc) is 2.60. The number of rotatable bonds is 8. The molecule has 0 aromatic heterocycles. The Morgan fingerprint density at radius 2 is 1.76 bits per heavy atom. The largest absolute Gasteiger partial charge is 0.382 e. The Hall–Kier alpha value is -0.700. The first-order valence-electron chi connectivity index (χ1n) is 8.97. The van der Waals surface area contributed by atoms with E-state index >= 15 is 0 Å². The van der Waals surface area contributed by atoms with Gasteiger partial charge in [-0.25, -0.2) is 8.42 Å². The number of quaternary nitrogens is 2.